The fourth-order valence-corrected chi connectivity index (χ4v) is 9.97. The van der Waals surface area contributed by atoms with Gasteiger partial charge in [0.2, 0.25) is 0 Å². The highest BCUT2D eigenvalue weighted by Crippen LogP contribution is 2.49. The number of rotatable bonds is 6. The van der Waals surface area contributed by atoms with Gasteiger partial charge < -0.3 is 0 Å². The molecule has 0 aliphatic heterocycles. The van der Waals surface area contributed by atoms with E-state index in [1.165, 1.54) is 82.4 Å². The molecular weight excluding hydrogens is 761 g/mol. The van der Waals surface area contributed by atoms with E-state index in [1.54, 1.807) is 0 Å². The molecule has 0 radical (unpaired) electrons. The van der Waals surface area contributed by atoms with Gasteiger partial charge in [-0.15, -0.1) is 0 Å². The van der Waals surface area contributed by atoms with Crippen LogP contribution in [-0.2, 0) is 5.41 Å². The van der Waals surface area contributed by atoms with Crippen LogP contribution in [-0.4, -0.2) is 9.97 Å². The molecule has 0 unspecified atom stereocenters. The van der Waals surface area contributed by atoms with Crippen LogP contribution in [0.15, 0.2) is 218 Å². The molecule has 0 bridgehead atoms. The van der Waals surface area contributed by atoms with E-state index in [9.17, 15) is 0 Å². The Morgan fingerprint density at radius 2 is 0.825 bits per heavy atom. The van der Waals surface area contributed by atoms with Gasteiger partial charge in [0.05, 0.1) is 11.4 Å². The number of aromatic nitrogens is 2. The number of fused-ring (bicyclic) bond motifs is 7. The van der Waals surface area contributed by atoms with Crippen LogP contribution in [0.5, 0.6) is 0 Å². The van der Waals surface area contributed by atoms with Gasteiger partial charge in [-0.2, -0.15) is 0 Å². The molecule has 1 aromatic heterocycles. The van der Waals surface area contributed by atoms with Gasteiger partial charge in [0.25, 0.3) is 0 Å². The van der Waals surface area contributed by atoms with Crippen molar-refractivity contribution in [2.75, 3.05) is 0 Å². The molecule has 1 aliphatic carbocycles. The van der Waals surface area contributed by atoms with Gasteiger partial charge in [-0.25, -0.2) is 9.97 Å². The van der Waals surface area contributed by atoms with Crippen LogP contribution in [0, 0.1) is 0 Å². The summed E-state index contributed by atoms with van der Waals surface area (Å²) in [5.41, 5.74) is 17.4. The number of hydrogen-bond donors (Lipinski definition) is 0. The Kier molecular flexibility index (Phi) is 8.55. The molecule has 2 heteroatoms. The molecule has 0 amide bonds. The first-order valence-electron chi connectivity index (χ1n) is 21.8. The molecule has 63 heavy (non-hydrogen) atoms. The van der Waals surface area contributed by atoms with E-state index in [4.69, 9.17) is 9.97 Å². The van der Waals surface area contributed by atoms with Gasteiger partial charge in [-0.1, -0.05) is 214 Å². The van der Waals surface area contributed by atoms with Crippen molar-refractivity contribution in [3.05, 3.63) is 230 Å². The fraction of sp³-hybridized carbons (Fsp3) is 0.0492. The zero-order valence-corrected chi connectivity index (χ0v) is 35.2. The molecule has 1 aliphatic rings. The second-order valence-corrected chi connectivity index (χ2v) is 17.3. The van der Waals surface area contributed by atoms with Crippen LogP contribution in [0.2, 0.25) is 0 Å². The average molecular weight is 803 g/mol. The Balaban J connectivity index is 0.845. The average Bonchev–Trinajstić information content (AvgIpc) is 3.58. The van der Waals surface area contributed by atoms with Gasteiger partial charge >= 0.3 is 0 Å². The second-order valence-electron chi connectivity index (χ2n) is 17.3. The first-order chi connectivity index (χ1) is 31.0. The zero-order chi connectivity index (χ0) is 42.1. The lowest BCUT2D eigenvalue weighted by atomic mass is 9.82. The van der Waals surface area contributed by atoms with Crippen LogP contribution in [0.3, 0.4) is 0 Å². The summed E-state index contributed by atoms with van der Waals surface area (Å²) in [6.07, 6.45) is 0. The second kappa shape index (κ2) is 14.6. The third-order valence-corrected chi connectivity index (χ3v) is 13.3. The SMILES string of the molecule is CC1(C)c2ccccc2-c2ccc(-c3cc(-c4ccc(-c5ccc(-c6ccc(-c7c8ccccc8cc8c7ccc7ccccc78)cc6)cc5)cc4)nc(-c4ccccc4)n3)cc21. The Morgan fingerprint density at radius 3 is 1.52 bits per heavy atom. The van der Waals surface area contributed by atoms with E-state index in [0.717, 1.165) is 39.5 Å². The highest BCUT2D eigenvalue weighted by molar-refractivity contribution is 6.20. The third kappa shape index (κ3) is 6.25. The maximum absolute atomic E-state index is 5.16. The van der Waals surface area contributed by atoms with E-state index in [1.807, 2.05) is 18.2 Å². The van der Waals surface area contributed by atoms with E-state index < -0.39 is 0 Å². The van der Waals surface area contributed by atoms with Crippen molar-refractivity contribution in [1.82, 2.24) is 9.97 Å². The summed E-state index contributed by atoms with van der Waals surface area (Å²) >= 11 is 0. The molecule has 0 fully saturated rings. The lowest BCUT2D eigenvalue weighted by molar-refractivity contribution is 0.660. The molecule has 11 aromatic rings. The van der Waals surface area contributed by atoms with Crippen LogP contribution >= 0.6 is 0 Å². The first kappa shape index (κ1) is 36.9. The molecule has 12 rings (SSSR count). The molecule has 2 nitrogen and oxygen atoms in total. The highest BCUT2D eigenvalue weighted by atomic mass is 14.9. The zero-order valence-electron chi connectivity index (χ0n) is 35.2. The summed E-state index contributed by atoms with van der Waals surface area (Å²) in [6, 6.07) is 79.2. The molecular formula is C61H42N2. The van der Waals surface area contributed by atoms with Crippen molar-refractivity contribution in [3.63, 3.8) is 0 Å². The molecule has 10 aromatic carbocycles. The van der Waals surface area contributed by atoms with Crippen LogP contribution < -0.4 is 0 Å². The van der Waals surface area contributed by atoms with Crippen molar-refractivity contribution in [2.45, 2.75) is 19.3 Å². The minimum Gasteiger partial charge on any atom is -0.228 e. The third-order valence-electron chi connectivity index (χ3n) is 13.3. The Bertz CT molecular complexity index is 3550. The Hall–Kier alpha value is -7.94. The maximum Gasteiger partial charge on any atom is 0.160 e. The first-order valence-corrected chi connectivity index (χ1v) is 21.8. The largest absolute Gasteiger partial charge is 0.228 e. The van der Waals surface area contributed by atoms with Gasteiger partial charge in [0, 0.05) is 22.1 Å². The van der Waals surface area contributed by atoms with Crippen molar-refractivity contribution < 1.29 is 0 Å². The van der Waals surface area contributed by atoms with E-state index in [2.05, 4.69) is 214 Å². The van der Waals surface area contributed by atoms with Gasteiger partial charge in [-0.05, 0) is 106 Å². The predicted molar refractivity (Wildman–Crippen MR) is 265 cm³/mol. The van der Waals surface area contributed by atoms with Gasteiger partial charge in [0.15, 0.2) is 5.82 Å². The van der Waals surface area contributed by atoms with E-state index >= 15 is 0 Å². The highest BCUT2D eigenvalue weighted by Gasteiger charge is 2.35. The maximum atomic E-state index is 5.16. The number of hydrogen-bond acceptors (Lipinski definition) is 2. The molecule has 0 saturated carbocycles. The topological polar surface area (TPSA) is 25.8 Å². The van der Waals surface area contributed by atoms with Crippen molar-refractivity contribution in [1.29, 1.82) is 0 Å². The lowest BCUT2D eigenvalue weighted by Gasteiger charge is -2.22. The summed E-state index contributed by atoms with van der Waals surface area (Å²) < 4.78 is 0. The predicted octanol–water partition coefficient (Wildman–Crippen LogP) is 16.2. The minimum atomic E-state index is -0.0943. The molecule has 0 atom stereocenters. The summed E-state index contributed by atoms with van der Waals surface area (Å²) in [5.74, 6) is 0.720. The monoisotopic (exact) mass is 802 g/mol. The summed E-state index contributed by atoms with van der Waals surface area (Å²) in [6.45, 7) is 4.65. The smallest absolute Gasteiger partial charge is 0.160 e. The van der Waals surface area contributed by atoms with E-state index in [-0.39, 0.29) is 5.41 Å². The van der Waals surface area contributed by atoms with Crippen molar-refractivity contribution >= 4 is 32.3 Å². The van der Waals surface area contributed by atoms with Crippen molar-refractivity contribution in [3.8, 4) is 78.4 Å². The van der Waals surface area contributed by atoms with Crippen LogP contribution in [0.4, 0.5) is 0 Å². The Morgan fingerprint density at radius 1 is 0.302 bits per heavy atom. The fourth-order valence-electron chi connectivity index (χ4n) is 9.97. The lowest BCUT2D eigenvalue weighted by Crippen LogP contribution is -2.14. The summed E-state index contributed by atoms with van der Waals surface area (Å²) in [7, 11) is 0. The number of nitrogens with zero attached hydrogens (tertiary/aromatic N) is 2. The van der Waals surface area contributed by atoms with E-state index in [0.29, 0.717) is 0 Å². The van der Waals surface area contributed by atoms with Gasteiger partial charge in [0.1, 0.15) is 0 Å². The summed E-state index contributed by atoms with van der Waals surface area (Å²) in [4.78, 5) is 10.3. The minimum absolute atomic E-state index is 0.0943. The molecule has 1 heterocycles. The molecule has 296 valence electrons. The number of benzene rings is 10. The standard InChI is InChI=1S/C61H42N2/c1-61(2)55-19-11-10-18-51(55)52-34-33-48(37-56(52)61)58-38-57(62-60(63-58)46-13-4-3-5-14-46)44-28-24-41(25-29-44)39-20-22-40(23-21-39)42-26-30-45(31-27-42)59-50-17-9-7-15-47(50)36-54-49-16-8-6-12-43(49)32-35-53(54)59/h3-38H,1-2H3. The summed E-state index contributed by atoms with van der Waals surface area (Å²) in [5, 5.41) is 7.65. The van der Waals surface area contributed by atoms with Crippen molar-refractivity contribution in [2.24, 2.45) is 0 Å². The van der Waals surface area contributed by atoms with Crippen LogP contribution in [0.1, 0.15) is 25.0 Å². The normalized spacial score (nSPS) is 12.7. The molecule has 0 spiro atoms. The molecule has 0 saturated heterocycles. The quantitative estimate of drug-likeness (QED) is 0.124. The Labute approximate surface area is 367 Å². The van der Waals surface area contributed by atoms with Crippen LogP contribution in [0.25, 0.3) is 111 Å². The van der Waals surface area contributed by atoms with Gasteiger partial charge in [-0.3, -0.25) is 0 Å². The molecule has 0 N–H and O–H groups in total.